The highest BCUT2D eigenvalue weighted by molar-refractivity contribution is 6.74. The van der Waals surface area contributed by atoms with Crippen LogP contribution in [-0.2, 0) is 23.9 Å². The van der Waals surface area contributed by atoms with Gasteiger partial charge in [0.25, 0.3) is 5.56 Å². The molecule has 0 bridgehead atoms. The third-order valence-corrected chi connectivity index (χ3v) is 10.9. The molecule has 154 valence electrons. The predicted octanol–water partition coefficient (Wildman–Crippen LogP) is 3.56. The van der Waals surface area contributed by atoms with Crippen LogP contribution >= 0.6 is 0 Å². The van der Waals surface area contributed by atoms with Crippen molar-refractivity contribution in [2.75, 3.05) is 5.73 Å². The number of benzene rings is 1. The van der Waals surface area contributed by atoms with E-state index in [2.05, 4.69) is 67.0 Å². The molecule has 1 aliphatic rings. The number of nitrogens with one attached hydrogen (secondary N) is 1. The number of aromatic nitrogens is 4. The summed E-state index contributed by atoms with van der Waals surface area (Å²) in [6.45, 7) is 12.0. The van der Waals surface area contributed by atoms with E-state index in [0.29, 0.717) is 17.8 Å². The van der Waals surface area contributed by atoms with Gasteiger partial charge in [0.15, 0.2) is 19.5 Å². The lowest BCUT2D eigenvalue weighted by Gasteiger charge is -2.36. The van der Waals surface area contributed by atoms with E-state index in [1.54, 1.807) is 6.33 Å². The number of imidazole rings is 1. The number of rotatable bonds is 4. The number of nitrogen functional groups attached to an aromatic ring is 1. The van der Waals surface area contributed by atoms with Crippen molar-refractivity contribution < 1.29 is 4.43 Å². The Kier molecular flexibility index (Phi) is 4.66. The summed E-state index contributed by atoms with van der Waals surface area (Å²) >= 11 is 0. The molecule has 1 aromatic carbocycles. The molecule has 0 aliphatic heterocycles. The van der Waals surface area contributed by atoms with Gasteiger partial charge in [-0.1, -0.05) is 39.0 Å². The average molecular weight is 412 g/mol. The Labute approximate surface area is 171 Å². The Bertz CT molecular complexity index is 1130. The Morgan fingerprint density at radius 2 is 2.00 bits per heavy atom. The van der Waals surface area contributed by atoms with E-state index in [1.807, 2.05) is 4.57 Å². The van der Waals surface area contributed by atoms with Crippen molar-refractivity contribution in [3.63, 3.8) is 0 Å². The highest BCUT2D eigenvalue weighted by Gasteiger charge is 2.37. The topological polar surface area (TPSA) is 98.8 Å². The van der Waals surface area contributed by atoms with Crippen molar-refractivity contribution in [3.8, 4) is 0 Å². The maximum Gasteiger partial charge on any atom is 0.280 e. The second kappa shape index (κ2) is 6.81. The van der Waals surface area contributed by atoms with Gasteiger partial charge in [0, 0.05) is 6.04 Å². The van der Waals surface area contributed by atoms with E-state index in [1.165, 1.54) is 16.7 Å². The lowest BCUT2D eigenvalue weighted by molar-refractivity contribution is 0.276. The van der Waals surface area contributed by atoms with E-state index in [4.69, 9.17) is 10.2 Å². The normalized spacial score (nSPS) is 17.1. The van der Waals surface area contributed by atoms with Gasteiger partial charge in [0.05, 0.1) is 12.9 Å². The maximum absolute atomic E-state index is 12.1. The molecule has 4 rings (SSSR count). The molecule has 0 amide bonds. The molecule has 0 saturated heterocycles. The number of nitrogens with zero attached hydrogens (tertiary/aromatic N) is 3. The predicted molar refractivity (Wildman–Crippen MR) is 117 cm³/mol. The van der Waals surface area contributed by atoms with Crippen LogP contribution in [-0.4, -0.2) is 27.8 Å². The SMILES string of the molecule is CC(C)(C)[Si](C)(C)OCc1ccc2c(c1)CC(n1cnc3c(=O)[nH]c(N)nc31)C2. The van der Waals surface area contributed by atoms with Crippen LogP contribution in [0.5, 0.6) is 0 Å². The fourth-order valence-electron chi connectivity index (χ4n) is 3.63. The van der Waals surface area contributed by atoms with Gasteiger partial charge < -0.3 is 14.7 Å². The number of aromatic amines is 1. The van der Waals surface area contributed by atoms with E-state index in [-0.39, 0.29) is 22.6 Å². The first-order chi connectivity index (χ1) is 13.5. The quantitative estimate of drug-likeness (QED) is 0.640. The van der Waals surface area contributed by atoms with Crippen LogP contribution in [0.1, 0.15) is 43.5 Å². The molecule has 2 heterocycles. The first kappa shape index (κ1) is 19.8. The van der Waals surface area contributed by atoms with Crippen molar-refractivity contribution in [1.82, 2.24) is 19.5 Å². The summed E-state index contributed by atoms with van der Waals surface area (Å²) in [5.74, 6) is 0.116. The maximum atomic E-state index is 12.1. The van der Waals surface area contributed by atoms with Crippen molar-refractivity contribution >= 4 is 25.4 Å². The van der Waals surface area contributed by atoms with Crippen LogP contribution in [0.4, 0.5) is 5.95 Å². The molecule has 2 aromatic heterocycles. The van der Waals surface area contributed by atoms with E-state index >= 15 is 0 Å². The smallest absolute Gasteiger partial charge is 0.280 e. The molecule has 7 nitrogen and oxygen atoms in total. The minimum Gasteiger partial charge on any atom is -0.413 e. The van der Waals surface area contributed by atoms with Gasteiger partial charge in [-0.25, -0.2) is 4.98 Å². The minimum atomic E-state index is -1.78. The second-order valence-corrected chi connectivity index (χ2v) is 14.3. The fourth-order valence-corrected chi connectivity index (χ4v) is 4.59. The highest BCUT2D eigenvalue weighted by Crippen LogP contribution is 2.37. The van der Waals surface area contributed by atoms with Gasteiger partial charge >= 0.3 is 0 Å². The van der Waals surface area contributed by atoms with Crippen molar-refractivity contribution in [1.29, 1.82) is 0 Å². The van der Waals surface area contributed by atoms with Crippen LogP contribution in [0.25, 0.3) is 11.2 Å². The zero-order valence-corrected chi connectivity index (χ0v) is 18.7. The van der Waals surface area contributed by atoms with Gasteiger partial charge in [-0.05, 0) is 47.7 Å². The lowest BCUT2D eigenvalue weighted by atomic mass is 10.1. The molecule has 0 spiro atoms. The standard InChI is InChI=1S/C21H29N5O2Si/c1-21(2,3)29(4,5)28-11-13-6-7-14-9-16(10-15(14)8-13)26-12-23-17-18(26)24-20(22)25-19(17)27/h6-8,12,16H,9-11H2,1-5H3,(H3,22,24,25,27). The third kappa shape index (κ3) is 3.62. The average Bonchev–Trinajstić information content (AvgIpc) is 3.22. The number of nitrogens with two attached hydrogens (primary N) is 1. The van der Waals surface area contributed by atoms with E-state index in [0.717, 1.165) is 12.8 Å². The monoisotopic (exact) mass is 411 g/mol. The molecule has 3 N–H and O–H groups in total. The van der Waals surface area contributed by atoms with Crippen molar-refractivity contribution in [3.05, 3.63) is 51.6 Å². The molecule has 29 heavy (non-hydrogen) atoms. The number of H-pyrrole nitrogens is 1. The highest BCUT2D eigenvalue weighted by atomic mass is 28.4. The van der Waals surface area contributed by atoms with E-state index in [9.17, 15) is 4.79 Å². The molecule has 8 heteroatoms. The Balaban J connectivity index is 1.55. The Morgan fingerprint density at radius 1 is 1.28 bits per heavy atom. The summed E-state index contributed by atoms with van der Waals surface area (Å²) in [6.07, 6.45) is 3.46. The molecule has 0 radical (unpaired) electrons. The van der Waals surface area contributed by atoms with Gasteiger partial charge in [-0.2, -0.15) is 4.98 Å². The molecule has 1 atom stereocenters. The van der Waals surface area contributed by atoms with Gasteiger partial charge in [-0.3, -0.25) is 9.78 Å². The van der Waals surface area contributed by atoms with Crippen LogP contribution < -0.4 is 11.3 Å². The van der Waals surface area contributed by atoms with Crippen LogP contribution in [0.2, 0.25) is 18.1 Å². The van der Waals surface area contributed by atoms with Crippen LogP contribution in [0.3, 0.4) is 0 Å². The Morgan fingerprint density at radius 3 is 2.72 bits per heavy atom. The van der Waals surface area contributed by atoms with Crippen LogP contribution in [0.15, 0.2) is 29.3 Å². The summed E-state index contributed by atoms with van der Waals surface area (Å²) in [4.78, 5) is 23.1. The number of hydrogen-bond acceptors (Lipinski definition) is 5. The minimum absolute atomic E-state index is 0.116. The van der Waals surface area contributed by atoms with Gasteiger partial charge in [0.2, 0.25) is 5.95 Å². The van der Waals surface area contributed by atoms with E-state index < -0.39 is 8.32 Å². The zero-order chi connectivity index (χ0) is 21.0. The van der Waals surface area contributed by atoms with Crippen molar-refractivity contribution in [2.45, 2.75) is 64.4 Å². The summed E-state index contributed by atoms with van der Waals surface area (Å²) in [7, 11) is -1.78. The summed E-state index contributed by atoms with van der Waals surface area (Å²) in [5, 5.41) is 0.198. The molecule has 1 unspecified atom stereocenters. The summed E-state index contributed by atoms with van der Waals surface area (Å²) in [5.41, 5.74) is 10.2. The molecule has 1 aliphatic carbocycles. The van der Waals surface area contributed by atoms with Crippen LogP contribution in [0, 0.1) is 0 Å². The molecule has 0 saturated carbocycles. The molecular weight excluding hydrogens is 382 g/mol. The van der Waals surface area contributed by atoms with Gasteiger partial charge in [0.1, 0.15) is 0 Å². The first-order valence-electron chi connectivity index (χ1n) is 10.0. The number of fused-ring (bicyclic) bond motifs is 2. The number of anilines is 1. The lowest BCUT2D eigenvalue weighted by Crippen LogP contribution is -2.40. The third-order valence-electron chi connectivity index (χ3n) is 6.43. The largest absolute Gasteiger partial charge is 0.413 e. The fraction of sp³-hybridized carbons (Fsp3) is 0.476. The summed E-state index contributed by atoms with van der Waals surface area (Å²) in [6, 6.07) is 6.81. The zero-order valence-electron chi connectivity index (χ0n) is 17.7. The Hall–Kier alpha value is -2.45. The van der Waals surface area contributed by atoms with Gasteiger partial charge in [-0.15, -0.1) is 0 Å². The molecule has 3 aromatic rings. The first-order valence-corrected chi connectivity index (χ1v) is 12.9. The molecular formula is C21H29N5O2Si. The number of hydrogen-bond donors (Lipinski definition) is 2. The van der Waals surface area contributed by atoms with Crippen molar-refractivity contribution in [2.24, 2.45) is 0 Å². The summed E-state index contributed by atoms with van der Waals surface area (Å²) < 4.78 is 8.36. The second-order valence-electron chi connectivity index (χ2n) is 9.49. The molecule has 0 fully saturated rings.